The Hall–Kier alpha value is -2.81. The van der Waals surface area contributed by atoms with Crippen molar-refractivity contribution >= 4 is 34.3 Å². The van der Waals surface area contributed by atoms with Crippen molar-refractivity contribution in [1.29, 1.82) is 0 Å². The molecule has 0 spiro atoms. The minimum absolute atomic E-state index is 0.0754. The van der Waals surface area contributed by atoms with Crippen LogP contribution in [0.1, 0.15) is 66.6 Å². The third-order valence-electron chi connectivity index (χ3n) is 4.14. The summed E-state index contributed by atoms with van der Waals surface area (Å²) in [7, 11) is 0. The number of hydrogen-bond acceptors (Lipinski definition) is 5. The van der Waals surface area contributed by atoms with Crippen LogP contribution in [0.4, 0.5) is 9.52 Å². The first-order chi connectivity index (χ1) is 13.7. The molecule has 1 aromatic heterocycles. The summed E-state index contributed by atoms with van der Waals surface area (Å²) in [6.07, 6.45) is -1.02. The number of rotatable bonds is 9. The molecular formula is C20H24FN3O4S. The number of carbonyl (C=O) groups is 3. The van der Waals surface area contributed by atoms with Crippen molar-refractivity contribution in [3.8, 4) is 0 Å². The summed E-state index contributed by atoms with van der Waals surface area (Å²) in [5.74, 6) is -2.72. The molecule has 0 radical (unpaired) electrons. The van der Waals surface area contributed by atoms with E-state index in [0.29, 0.717) is 17.7 Å². The number of amides is 2. The Kier molecular flexibility index (Phi) is 7.83. The molecule has 9 heteroatoms. The first-order valence-corrected chi connectivity index (χ1v) is 10.1. The van der Waals surface area contributed by atoms with Gasteiger partial charge in [-0.3, -0.25) is 9.59 Å². The molecule has 2 rings (SSSR count). The van der Waals surface area contributed by atoms with Gasteiger partial charge in [-0.1, -0.05) is 57.5 Å². The Morgan fingerprint density at radius 1 is 1.17 bits per heavy atom. The lowest BCUT2D eigenvalue weighted by Crippen LogP contribution is -2.45. The van der Waals surface area contributed by atoms with E-state index in [9.17, 15) is 23.9 Å². The highest BCUT2D eigenvalue weighted by Gasteiger charge is 2.27. The van der Waals surface area contributed by atoms with Crippen molar-refractivity contribution in [3.63, 3.8) is 0 Å². The highest BCUT2D eigenvalue weighted by Crippen LogP contribution is 2.30. The van der Waals surface area contributed by atoms with Crippen molar-refractivity contribution in [2.75, 3.05) is 5.32 Å². The lowest BCUT2D eigenvalue weighted by atomic mass is 10.1. The maximum atomic E-state index is 14.4. The van der Waals surface area contributed by atoms with E-state index in [-0.39, 0.29) is 22.3 Å². The zero-order chi connectivity index (χ0) is 21.6. The number of carboxylic acid groups (broad SMARTS) is 1. The molecule has 3 N–H and O–H groups in total. The summed E-state index contributed by atoms with van der Waals surface area (Å²) in [5.41, 5.74) is 0.0949. The second kappa shape index (κ2) is 10.1. The monoisotopic (exact) mass is 421 g/mol. The van der Waals surface area contributed by atoms with E-state index in [0.717, 1.165) is 11.3 Å². The van der Waals surface area contributed by atoms with E-state index in [2.05, 4.69) is 15.6 Å². The minimum Gasteiger partial charge on any atom is -0.476 e. The summed E-state index contributed by atoms with van der Waals surface area (Å²) in [4.78, 5) is 40.8. The molecular weight excluding hydrogens is 397 g/mol. The molecule has 0 bridgehead atoms. The number of aromatic nitrogens is 1. The van der Waals surface area contributed by atoms with Crippen molar-refractivity contribution in [2.45, 2.75) is 51.7 Å². The lowest BCUT2D eigenvalue weighted by molar-refractivity contribution is -0.130. The van der Waals surface area contributed by atoms with E-state index in [4.69, 9.17) is 0 Å². The molecule has 0 aliphatic heterocycles. The molecule has 0 fully saturated rings. The number of thiazole rings is 1. The van der Waals surface area contributed by atoms with E-state index in [1.54, 1.807) is 18.2 Å². The van der Waals surface area contributed by atoms with Crippen LogP contribution in [0.2, 0.25) is 0 Å². The lowest BCUT2D eigenvalue weighted by Gasteiger charge is -2.18. The molecule has 7 nitrogen and oxygen atoms in total. The van der Waals surface area contributed by atoms with E-state index in [1.807, 2.05) is 20.8 Å². The van der Waals surface area contributed by atoms with Crippen LogP contribution in [-0.4, -0.2) is 33.9 Å². The quantitative estimate of drug-likeness (QED) is 0.569. The van der Waals surface area contributed by atoms with Crippen molar-refractivity contribution in [3.05, 3.63) is 46.5 Å². The fourth-order valence-corrected chi connectivity index (χ4v) is 3.66. The molecule has 1 heterocycles. The SMILES string of the molecule is CCC[C@H](NC(=O)[C@@H](F)c1ccccc1)C(=O)Nc1nc(C(=O)O)c(C(C)C)s1. The number of hydrogen-bond donors (Lipinski definition) is 3. The third kappa shape index (κ3) is 5.83. The van der Waals surface area contributed by atoms with Crippen LogP contribution in [0.25, 0.3) is 0 Å². The van der Waals surface area contributed by atoms with Crippen LogP contribution in [0.3, 0.4) is 0 Å². The van der Waals surface area contributed by atoms with Gasteiger partial charge < -0.3 is 15.7 Å². The van der Waals surface area contributed by atoms with Gasteiger partial charge in [0.15, 0.2) is 10.8 Å². The van der Waals surface area contributed by atoms with Gasteiger partial charge >= 0.3 is 5.97 Å². The maximum Gasteiger partial charge on any atom is 0.355 e. The molecule has 0 saturated heterocycles. The van der Waals surface area contributed by atoms with Crippen LogP contribution in [0.15, 0.2) is 30.3 Å². The Morgan fingerprint density at radius 2 is 1.83 bits per heavy atom. The molecule has 1 aromatic carbocycles. The average molecular weight is 421 g/mol. The molecule has 0 saturated carbocycles. The summed E-state index contributed by atoms with van der Waals surface area (Å²) in [6, 6.07) is 6.99. The second-order valence-corrected chi connectivity index (χ2v) is 7.83. The second-order valence-electron chi connectivity index (χ2n) is 6.80. The Bertz CT molecular complexity index is 870. The number of halogens is 1. The van der Waals surface area contributed by atoms with Gasteiger partial charge in [0.1, 0.15) is 6.04 Å². The normalized spacial score (nSPS) is 13.0. The van der Waals surface area contributed by atoms with E-state index >= 15 is 0 Å². The molecule has 29 heavy (non-hydrogen) atoms. The number of alkyl halides is 1. The summed E-state index contributed by atoms with van der Waals surface area (Å²) in [6.45, 7) is 5.49. The van der Waals surface area contributed by atoms with Gasteiger partial charge in [0.25, 0.3) is 5.91 Å². The number of carbonyl (C=O) groups excluding carboxylic acids is 2. The first kappa shape index (κ1) is 22.5. The number of carboxylic acids is 1. The standard InChI is InChI=1S/C20H24FN3O4S/c1-4-8-13(22-18(26)14(21)12-9-6-5-7-10-12)17(25)24-20-23-15(19(27)28)16(29-20)11(2)3/h5-7,9-11,13-14H,4,8H2,1-3H3,(H,22,26)(H,27,28)(H,23,24,25)/t13-,14-/m0/s1. The van der Waals surface area contributed by atoms with Gasteiger partial charge in [-0.15, -0.1) is 11.3 Å². The average Bonchev–Trinajstić information content (AvgIpc) is 3.12. The van der Waals surface area contributed by atoms with Crippen LogP contribution in [0.5, 0.6) is 0 Å². The molecule has 0 aliphatic rings. The smallest absolute Gasteiger partial charge is 0.355 e. The summed E-state index contributed by atoms with van der Waals surface area (Å²) < 4.78 is 14.4. The fraction of sp³-hybridized carbons (Fsp3) is 0.400. The van der Waals surface area contributed by atoms with Crippen molar-refractivity contribution in [2.24, 2.45) is 0 Å². The van der Waals surface area contributed by atoms with Crippen LogP contribution in [0, 0.1) is 0 Å². The molecule has 2 aromatic rings. The molecule has 0 unspecified atom stereocenters. The van der Waals surface area contributed by atoms with Gasteiger partial charge in [-0.2, -0.15) is 0 Å². The molecule has 2 amide bonds. The predicted molar refractivity (Wildman–Crippen MR) is 109 cm³/mol. The van der Waals surface area contributed by atoms with Crippen LogP contribution < -0.4 is 10.6 Å². The summed E-state index contributed by atoms with van der Waals surface area (Å²) >= 11 is 1.07. The topological polar surface area (TPSA) is 108 Å². The van der Waals surface area contributed by atoms with E-state index in [1.165, 1.54) is 12.1 Å². The zero-order valence-electron chi connectivity index (χ0n) is 16.4. The molecule has 0 aliphatic carbocycles. The Labute approximate surface area is 172 Å². The zero-order valence-corrected chi connectivity index (χ0v) is 17.3. The Balaban J connectivity index is 2.12. The third-order valence-corrected chi connectivity index (χ3v) is 5.41. The minimum atomic E-state index is -1.89. The molecule has 2 atom stereocenters. The first-order valence-electron chi connectivity index (χ1n) is 9.28. The highest BCUT2D eigenvalue weighted by atomic mass is 32.1. The van der Waals surface area contributed by atoms with E-state index < -0.39 is 30.0 Å². The Morgan fingerprint density at radius 3 is 2.34 bits per heavy atom. The van der Waals surface area contributed by atoms with Crippen LogP contribution in [-0.2, 0) is 9.59 Å². The predicted octanol–water partition coefficient (Wildman–Crippen LogP) is 3.90. The van der Waals surface area contributed by atoms with Gasteiger partial charge in [-0.25, -0.2) is 14.2 Å². The molecule has 156 valence electrons. The number of aromatic carboxylic acids is 1. The van der Waals surface area contributed by atoms with Gasteiger partial charge in [0.2, 0.25) is 12.1 Å². The highest BCUT2D eigenvalue weighted by molar-refractivity contribution is 7.16. The van der Waals surface area contributed by atoms with Gasteiger partial charge in [0, 0.05) is 4.88 Å². The largest absolute Gasteiger partial charge is 0.476 e. The number of nitrogens with zero attached hydrogens (tertiary/aromatic N) is 1. The number of anilines is 1. The summed E-state index contributed by atoms with van der Waals surface area (Å²) in [5, 5.41) is 14.4. The fourth-order valence-electron chi connectivity index (χ4n) is 2.70. The number of nitrogens with one attached hydrogen (secondary N) is 2. The number of benzene rings is 1. The van der Waals surface area contributed by atoms with Crippen molar-refractivity contribution in [1.82, 2.24) is 10.3 Å². The van der Waals surface area contributed by atoms with Gasteiger partial charge in [-0.05, 0) is 17.9 Å². The van der Waals surface area contributed by atoms with Gasteiger partial charge in [0.05, 0.1) is 0 Å². The maximum absolute atomic E-state index is 14.4. The van der Waals surface area contributed by atoms with Crippen molar-refractivity contribution < 1.29 is 23.9 Å². The van der Waals surface area contributed by atoms with Crippen LogP contribution >= 0.6 is 11.3 Å².